The first-order valence-electron chi connectivity index (χ1n) is 9.67. The molecule has 1 fully saturated rings. The van der Waals surface area contributed by atoms with E-state index in [1.165, 1.54) is 12.3 Å². The van der Waals surface area contributed by atoms with Crippen LogP contribution in [-0.4, -0.2) is 39.5 Å². The van der Waals surface area contributed by atoms with E-state index in [4.69, 9.17) is 0 Å². The highest BCUT2D eigenvalue weighted by Crippen LogP contribution is 2.31. The molecular weight excluding hydrogens is 377 g/mol. The van der Waals surface area contributed by atoms with E-state index in [2.05, 4.69) is 5.32 Å². The Bertz CT molecular complexity index is 1060. The molecule has 1 atom stereocenters. The molecule has 8 heteroatoms. The minimum absolute atomic E-state index is 0.0609. The first-order valence-corrected chi connectivity index (χ1v) is 9.67. The van der Waals surface area contributed by atoms with E-state index >= 15 is 0 Å². The summed E-state index contributed by atoms with van der Waals surface area (Å²) in [5.74, 6) is -2.27. The number of pyridine rings is 1. The molecule has 0 radical (unpaired) electrons. The Kier molecular flexibility index (Phi) is 4.86. The zero-order chi connectivity index (χ0) is 20.7. The largest absolute Gasteiger partial charge is 0.503 e. The Hall–Kier alpha value is -3.16. The lowest BCUT2D eigenvalue weighted by Gasteiger charge is -2.34. The van der Waals surface area contributed by atoms with Crippen LogP contribution in [0.1, 0.15) is 57.3 Å². The fraction of sp³-hybridized carbons (Fsp3) is 0.381. The maximum atomic E-state index is 14.0. The molecule has 2 aromatic rings. The second kappa shape index (κ2) is 7.35. The van der Waals surface area contributed by atoms with Gasteiger partial charge in [0, 0.05) is 31.4 Å². The highest BCUT2D eigenvalue weighted by molar-refractivity contribution is 5.99. The normalized spacial score (nSPS) is 18.2. The third-order valence-corrected chi connectivity index (χ3v) is 5.63. The van der Waals surface area contributed by atoms with Crippen LogP contribution in [0, 0.1) is 12.7 Å². The molecule has 0 spiro atoms. The molecule has 2 aliphatic heterocycles. The minimum Gasteiger partial charge on any atom is -0.503 e. The number of aromatic hydroxyl groups is 1. The predicted molar refractivity (Wildman–Crippen MR) is 103 cm³/mol. The summed E-state index contributed by atoms with van der Waals surface area (Å²) >= 11 is 0. The lowest BCUT2D eigenvalue weighted by atomic mass is 10.1. The summed E-state index contributed by atoms with van der Waals surface area (Å²) in [7, 11) is 0. The number of carbonyl (C=O) groups excluding carboxylic acids is 2. The second-order valence-corrected chi connectivity index (χ2v) is 7.65. The molecule has 0 aliphatic carbocycles. The van der Waals surface area contributed by atoms with Gasteiger partial charge < -0.3 is 19.9 Å². The van der Waals surface area contributed by atoms with Gasteiger partial charge in [0.25, 0.3) is 11.8 Å². The topological polar surface area (TPSA) is 91.6 Å². The molecule has 29 heavy (non-hydrogen) atoms. The van der Waals surface area contributed by atoms with Gasteiger partial charge in [-0.3, -0.25) is 14.4 Å². The smallest absolute Gasteiger partial charge is 0.274 e. The number of amides is 2. The maximum Gasteiger partial charge on any atom is 0.274 e. The predicted octanol–water partition coefficient (Wildman–Crippen LogP) is 2.11. The van der Waals surface area contributed by atoms with Gasteiger partial charge in [-0.1, -0.05) is 12.1 Å². The molecule has 4 rings (SSSR count). The summed E-state index contributed by atoms with van der Waals surface area (Å²) in [5.41, 5.74) is -0.164. The lowest BCUT2D eigenvalue weighted by molar-refractivity contribution is 0.0677. The summed E-state index contributed by atoms with van der Waals surface area (Å²) in [6.07, 6.45) is 3.91. The van der Waals surface area contributed by atoms with Gasteiger partial charge in [-0.15, -0.1) is 0 Å². The summed E-state index contributed by atoms with van der Waals surface area (Å²) < 4.78 is 15.6. The molecule has 0 unspecified atom stereocenters. The van der Waals surface area contributed by atoms with Crippen LogP contribution in [-0.2, 0) is 6.54 Å². The van der Waals surface area contributed by atoms with Crippen molar-refractivity contribution in [2.75, 3.05) is 13.1 Å². The molecule has 2 amide bonds. The first kappa shape index (κ1) is 19.2. The van der Waals surface area contributed by atoms with Gasteiger partial charge in [0.05, 0.1) is 6.04 Å². The van der Waals surface area contributed by atoms with Crippen LogP contribution in [0.5, 0.6) is 5.75 Å². The third-order valence-electron chi connectivity index (χ3n) is 5.63. The second-order valence-electron chi connectivity index (χ2n) is 7.65. The van der Waals surface area contributed by atoms with Gasteiger partial charge in [-0.2, -0.15) is 0 Å². The van der Waals surface area contributed by atoms with Crippen molar-refractivity contribution in [3.05, 3.63) is 62.8 Å². The molecule has 0 saturated carbocycles. The summed E-state index contributed by atoms with van der Waals surface area (Å²) in [6, 6.07) is 4.57. The van der Waals surface area contributed by atoms with E-state index in [1.54, 1.807) is 28.5 Å². The highest BCUT2D eigenvalue weighted by atomic mass is 19.1. The molecule has 1 aromatic carbocycles. The first-order chi connectivity index (χ1) is 13.9. The number of fused-ring (bicyclic) bond motifs is 4. The molecule has 1 saturated heterocycles. The SMILES string of the molecule is Cc1ccc(CNC(=O)c2cn3c(c(O)c2=O)C(=O)N2CCCC[C@H]3C2)c(F)c1. The Morgan fingerprint density at radius 1 is 1.31 bits per heavy atom. The number of carbonyl (C=O) groups is 2. The zero-order valence-corrected chi connectivity index (χ0v) is 16.1. The van der Waals surface area contributed by atoms with Crippen molar-refractivity contribution in [2.45, 2.75) is 38.8 Å². The van der Waals surface area contributed by atoms with Crippen LogP contribution in [0.25, 0.3) is 0 Å². The lowest BCUT2D eigenvalue weighted by Crippen LogP contribution is -2.44. The van der Waals surface area contributed by atoms with Gasteiger partial charge >= 0.3 is 0 Å². The van der Waals surface area contributed by atoms with Crippen LogP contribution in [0.15, 0.2) is 29.2 Å². The van der Waals surface area contributed by atoms with Crippen LogP contribution in [0.4, 0.5) is 4.39 Å². The Morgan fingerprint density at radius 3 is 2.86 bits per heavy atom. The number of rotatable bonds is 3. The van der Waals surface area contributed by atoms with Gasteiger partial charge in [0.2, 0.25) is 5.43 Å². The Balaban J connectivity index is 1.66. The molecular formula is C21H22FN3O4. The zero-order valence-electron chi connectivity index (χ0n) is 16.1. The van der Waals surface area contributed by atoms with E-state index in [-0.39, 0.29) is 23.8 Å². The van der Waals surface area contributed by atoms with Gasteiger partial charge in [-0.05, 0) is 37.8 Å². The average Bonchev–Trinajstić information content (AvgIpc) is 2.91. The van der Waals surface area contributed by atoms with Crippen molar-refractivity contribution >= 4 is 11.8 Å². The summed E-state index contributed by atoms with van der Waals surface area (Å²) in [4.78, 5) is 39.5. The number of hydrogen-bond donors (Lipinski definition) is 2. The van der Waals surface area contributed by atoms with Crippen LogP contribution in [0.2, 0.25) is 0 Å². The average molecular weight is 399 g/mol. The molecule has 2 N–H and O–H groups in total. The van der Waals surface area contributed by atoms with Crippen molar-refractivity contribution in [2.24, 2.45) is 0 Å². The van der Waals surface area contributed by atoms with E-state index in [1.807, 2.05) is 0 Å². The number of nitrogens with one attached hydrogen (secondary N) is 1. The quantitative estimate of drug-likeness (QED) is 0.827. The third kappa shape index (κ3) is 3.39. The standard InChI is InChI=1S/C21H22FN3O4/c1-12-5-6-13(16(22)8-12)9-23-20(28)15-11-25-14-4-2-3-7-24(10-14)21(29)17(25)19(27)18(15)26/h5-6,8,11,14,27H,2-4,7,9-10H2,1H3,(H,23,28)/t14-/m0/s1. The van der Waals surface area contributed by atoms with E-state index in [0.717, 1.165) is 24.8 Å². The number of halogens is 1. The number of aromatic nitrogens is 1. The van der Waals surface area contributed by atoms with Crippen LogP contribution in [0.3, 0.4) is 0 Å². The summed E-state index contributed by atoms with van der Waals surface area (Å²) in [6.45, 7) is 2.75. The number of aryl methyl sites for hydroxylation is 1. The molecule has 2 bridgehead atoms. The number of nitrogens with zero attached hydrogens (tertiary/aromatic N) is 2. The van der Waals surface area contributed by atoms with E-state index < -0.39 is 28.8 Å². The van der Waals surface area contributed by atoms with E-state index in [9.17, 15) is 23.9 Å². The fourth-order valence-electron chi connectivity index (χ4n) is 4.03. The van der Waals surface area contributed by atoms with Crippen molar-refractivity contribution in [1.82, 2.24) is 14.8 Å². The Morgan fingerprint density at radius 2 is 2.10 bits per heavy atom. The summed E-state index contributed by atoms with van der Waals surface area (Å²) in [5, 5.41) is 13.0. The fourth-order valence-corrected chi connectivity index (χ4v) is 4.03. The highest BCUT2D eigenvalue weighted by Gasteiger charge is 2.36. The molecule has 152 valence electrons. The number of hydrogen-bond acceptors (Lipinski definition) is 4. The number of benzene rings is 1. The Labute approximate surface area is 166 Å². The molecule has 3 heterocycles. The van der Waals surface area contributed by atoms with Gasteiger partial charge in [0.1, 0.15) is 11.4 Å². The van der Waals surface area contributed by atoms with Gasteiger partial charge in [0.15, 0.2) is 11.4 Å². The minimum atomic E-state index is -0.897. The maximum absolute atomic E-state index is 14.0. The van der Waals surface area contributed by atoms with Crippen molar-refractivity contribution in [3.63, 3.8) is 0 Å². The van der Waals surface area contributed by atoms with Crippen LogP contribution < -0.4 is 10.7 Å². The van der Waals surface area contributed by atoms with Gasteiger partial charge in [-0.25, -0.2) is 4.39 Å². The monoisotopic (exact) mass is 399 g/mol. The van der Waals surface area contributed by atoms with Crippen molar-refractivity contribution < 1.29 is 19.1 Å². The van der Waals surface area contributed by atoms with Crippen LogP contribution >= 0.6 is 0 Å². The van der Waals surface area contributed by atoms with E-state index in [0.29, 0.717) is 18.7 Å². The molecule has 2 aliphatic rings. The van der Waals surface area contributed by atoms with Crippen molar-refractivity contribution in [1.29, 1.82) is 0 Å². The molecule has 1 aromatic heterocycles. The molecule has 7 nitrogen and oxygen atoms in total. The van der Waals surface area contributed by atoms with Crippen molar-refractivity contribution in [3.8, 4) is 5.75 Å².